The Bertz CT molecular complexity index is 388. The second kappa shape index (κ2) is 6.58. The number of hydrogen-bond acceptors (Lipinski definition) is 2. The van der Waals surface area contributed by atoms with E-state index in [4.69, 9.17) is 0 Å². The molecule has 0 saturated carbocycles. The Morgan fingerprint density at radius 2 is 1.94 bits per heavy atom. The summed E-state index contributed by atoms with van der Waals surface area (Å²) in [4.78, 5) is 2.34. The molecule has 1 aromatic carbocycles. The maximum atomic E-state index is 3.67. The third kappa shape index (κ3) is 3.72. The van der Waals surface area contributed by atoms with E-state index in [2.05, 4.69) is 79.1 Å². The molecule has 0 atom stereocenters. The van der Waals surface area contributed by atoms with E-state index in [1.807, 2.05) is 0 Å². The lowest BCUT2D eigenvalue weighted by Gasteiger charge is -2.37. The summed E-state index contributed by atoms with van der Waals surface area (Å²) < 4.78 is 1.18. The molecule has 0 bridgehead atoms. The Labute approximate surface area is 120 Å². The zero-order valence-corrected chi connectivity index (χ0v) is 13.8. The fourth-order valence-electron chi connectivity index (χ4n) is 1.73. The largest absolute Gasteiger partial charge is 0.369 e. The van der Waals surface area contributed by atoms with Gasteiger partial charge in [-0.15, -0.1) is 0 Å². The standard InChI is InChI=1S/C15H25BrN2/c1-6-15(3,4)18(5)13-9-8-12(11-17-7-2)14(16)10-13/h8-10,17H,6-7,11H2,1-5H3. The second-order valence-electron chi connectivity index (χ2n) is 5.28. The van der Waals surface area contributed by atoms with Gasteiger partial charge in [-0.2, -0.15) is 0 Å². The molecule has 0 saturated heterocycles. The van der Waals surface area contributed by atoms with Crippen LogP contribution in [0, 0.1) is 0 Å². The summed E-state index contributed by atoms with van der Waals surface area (Å²) in [6.07, 6.45) is 1.13. The molecule has 2 nitrogen and oxygen atoms in total. The van der Waals surface area contributed by atoms with Gasteiger partial charge in [-0.3, -0.25) is 0 Å². The molecule has 0 aliphatic rings. The van der Waals surface area contributed by atoms with Gasteiger partial charge in [-0.1, -0.05) is 35.8 Å². The van der Waals surface area contributed by atoms with Gasteiger partial charge < -0.3 is 10.2 Å². The van der Waals surface area contributed by atoms with Crippen molar-refractivity contribution >= 4 is 21.6 Å². The molecule has 0 aliphatic carbocycles. The van der Waals surface area contributed by atoms with E-state index in [0.717, 1.165) is 19.5 Å². The molecular formula is C15H25BrN2. The zero-order valence-electron chi connectivity index (χ0n) is 12.2. The first kappa shape index (κ1) is 15.5. The highest BCUT2D eigenvalue weighted by Crippen LogP contribution is 2.29. The van der Waals surface area contributed by atoms with Crippen LogP contribution in [0.25, 0.3) is 0 Å². The van der Waals surface area contributed by atoms with E-state index in [0.29, 0.717) is 0 Å². The van der Waals surface area contributed by atoms with Crippen LogP contribution in [0.15, 0.2) is 22.7 Å². The maximum Gasteiger partial charge on any atom is 0.0379 e. The monoisotopic (exact) mass is 312 g/mol. The van der Waals surface area contributed by atoms with Gasteiger partial charge in [0.15, 0.2) is 0 Å². The number of halogens is 1. The number of hydrogen-bond donors (Lipinski definition) is 1. The fraction of sp³-hybridized carbons (Fsp3) is 0.600. The molecule has 1 rings (SSSR count). The minimum absolute atomic E-state index is 0.183. The predicted octanol–water partition coefficient (Wildman–Crippen LogP) is 4.18. The normalized spacial score (nSPS) is 11.7. The van der Waals surface area contributed by atoms with Crippen LogP contribution in [0.4, 0.5) is 5.69 Å². The van der Waals surface area contributed by atoms with Crippen LogP contribution in [0.2, 0.25) is 0 Å². The minimum atomic E-state index is 0.183. The highest BCUT2D eigenvalue weighted by Gasteiger charge is 2.21. The van der Waals surface area contributed by atoms with Crippen LogP contribution < -0.4 is 10.2 Å². The van der Waals surface area contributed by atoms with Crippen molar-refractivity contribution in [2.24, 2.45) is 0 Å². The summed E-state index contributed by atoms with van der Waals surface area (Å²) in [5, 5.41) is 3.35. The summed E-state index contributed by atoms with van der Waals surface area (Å²) in [5.41, 5.74) is 2.75. The van der Waals surface area contributed by atoms with Crippen LogP contribution >= 0.6 is 15.9 Å². The zero-order chi connectivity index (χ0) is 13.8. The van der Waals surface area contributed by atoms with E-state index >= 15 is 0 Å². The molecule has 0 aliphatic heterocycles. The third-order valence-electron chi connectivity index (χ3n) is 3.76. The van der Waals surface area contributed by atoms with Crippen molar-refractivity contribution < 1.29 is 0 Å². The van der Waals surface area contributed by atoms with Crippen molar-refractivity contribution in [2.75, 3.05) is 18.5 Å². The van der Waals surface area contributed by atoms with Gasteiger partial charge in [0.05, 0.1) is 0 Å². The first-order chi connectivity index (χ1) is 8.42. The minimum Gasteiger partial charge on any atom is -0.369 e. The molecular weight excluding hydrogens is 288 g/mol. The summed E-state index contributed by atoms with van der Waals surface area (Å²) in [7, 11) is 2.16. The van der Waals surface area contributed by atoms with Crippen molar-refractivity contribution in [3.8, 4) is 0 Å². The Hall–Kier alpha value is -0.540. The van der Waals surface area contributed by atoms with E-state index in [1.165, 1.54) is 15.7 Å². The van der Waals surface area contributed by atoms with Crippen molar-refractivity contribution in [3.63, 3.8) is 0 Å². The van der Waals surface area contributed by atoms with E-state index < -0.39 is 0 Å². The van der Waals surface area contributed by atoms with Crippen LogP contribution in [0.3, 0.4) is 0 Å². The number of nitrogens with zero attached hydrogens (tertiary/aromatic N) is 1. The SMILES string of the molecule is CCNCc1ccc(N(C)C(C)(C)CC)cc1Br. The van der Waals surface area contributed by atoms with Gasteiger partial charge in [0, 0.05) is 29.3 Å². The van der Waals surface area contributed by atoms with Crippen molar-refractivity contribution in [1.82, 2.24) is 5.32 Å². The lowest BCUT2D eigenvalue weighted by atomic mass is 9.99. The van der Waals surface area contributed by atoms with Crippen molar-refractivity contribution in [3.05, 3.63) is 28.2 Å². The van der Waals surface area contributed by atoms with Crippen molar-refractivity contribution in [2.45, 2.75) is 46.2 Å². The number of benzene rings is 1. The molecule has 1 aromatic rings. The van der Waals surface area contributed by atoms with E-state index in [1.54, 1.807) is 0 Å². The third-order valence-corrected chi connectivity index (χ3v) is 4.50. The summed E-state index contributed by atoms with van der Waals surface area (Å²) in [6, 6.07) is 6.61. The molecule has 0 aromatic heterocycles. The van der Waals surface area contributed by atoms with Gasteiger partial charge in [0.1, 0.15) is 0 Å². The topological polar surface area (TPSA) is 15.3 Å². The molecule has 3 heteroatoms. The molecule has 0 unspecified atom stereocenters. The van der Waals surface area contributed by atoms with Gasteiger partial charge in [0.25, 0.3) is 0 Å². The molecule has 18 heavy (non-hydrogen) atoms. The van der Waals surface area contributed by atoms with E-state index in [9.17, 15) is 0 Å². The van der Waals surface area contributed by atoms with Gasteiger partial charge in [0.2, 0.25) is 0 Å². The molecule has 0 amide bonds. The second-order valence-corrected chi connectivity index (χ2v) is 6.14. The summed E-state index contributed by atoms with van der Waals surface area (Å²) in [6.45, 7) is 10.8. The smallest absolute Gasteiger partial charge is 0.0379 e. The Morgan fingerprint density at radius 3 is 2.44 bits per heavy atom. The van der Waals surface area contributed by atoms with Crippen LogP contribution in [0.5, 0.6) is 0 Å². The number of rotatable bonds is 6. The quantitative estimate of drug-likeness (QED) is 0.847. The highest BCUT2D eigenvalue weighted by molar-refractivity contribution is 9.10. The summed E-state index contributed by atoms with van der Waals surface area (Å²) in [5.74, 6) is 0. The number of anilines is 1. The average Bonchev–Trinajstić information content (AvgIpc) is 2.36. The summed E-state index contributed by atoms with van der Waals surface area (Å²) >= 11 is 3.67. The predicted molar refractivity (Wildman–Crippen MR) is 84.3 cm³/mol. The van der Waals surface area contributed by atoms with Gasteiger partial charge in [-0.25, -0.2) is 0 Å². The molecule has 0 fully saturated rings. The molecule has 0 radical (unpaired) electrons. The van der Waals surface area contributed by atoms with Gasteiger partial charge >= 0.3 is 0 Å². The van der Waals surface area contributed by atoms with E-state index in [-0.39, 0.29) is 5.54 Å². The van der Waals surface area contributed by atoms with Crippen LogP contribution in [-0.4, -0.2) is 19.1 Å². The van der Waals surface area contributed by atoms with Gasteiger partial charge in [-0.05, 0) is 44.5 Å². The lowest BCUT2D eigenvalue weighted by molar-refractivity contribution is 0.470. The molecule has 0 heterocycles. The first-order valence-electron chi connectivity index (χ1n) is 6.65. The fourth-order valence-corrected chi connectivity index (χ4v) is 2.24. The molecule has 102 valence electrons. The lowest BCUT2D eigenvalue weighted by Crippen LogP contribution is -2.40. The highest BCUT2D eigenvalue weighted by atomic mass is 79.9. The Morgan fingerprint density at radius 1 is 1.28 bits per heavy atom. The molecule has 0 spiro atoms. The Balaban J connectivity index is 2.90. The first-order valence-corrected chi connectivity index (χ1v) is 7.44. The van der Waals surface area contributed by atoms with Crippen LogP contribution in [-0.2, 0) is 6.54 Å². The number of nitrogens with one attached hydrogen (secondary N) is 1. The van der Waals surface area contributed by atoms with Crippen molar-refractivity contribution in [1.29, 1.82) is 0 Å². The molecule has 1 N–H and O–H groups in total. The van der Waals surface area contributed by atoms with Crippen LogP contribution in [0.1, 0.15) is 39.7 Å². The Kier molecular flexibility index (Phi) is 5.67. The average molecular weight is 313 g/mol. The maximum absolute atomic E-state index is 3.67.